The number of rotatable bonds is 4. The van der Waals surface area contributed by atoms with Crippen LogP contribution in [0.5, 0.6) is 0 Å². The number of carbonyl (C=O) groups excluding carboxylic acids is 1. The van der Waals surface area contributed by atoms with Crippen molar-refractivity contribution in [2.75, 3.05) is 13.1 Å². The van der Waals surface area contributed by atoms with Crippen molar-refractivity contribution < 1.29 is 9.53 Å². The first-order valence-corrected chi connectivity index (χ1v) is 11.0. The third-order valence-electron chi connectivity index (χ3n) is 6.88. The highest BCUT2D eigenvalue weighted by Crippen LogP contribution is 2.47. The minimum absolute atomic E-state index is 0.0618. The lowest BCUT2D eigenvalue weighted by atomic mass is 9.78. The van der Waals surface area contributed by atoms with E-state index in [0.29, 0.717) is 0 Å². The summed E-state index contributed by atoms with van der Waals surface area (Å²) in [5.74, 6) is 0. The lowest BCUT2D eigenvalue weighted by molar-refractivity contribution is 0.0151. The molecule has 4 nitrogen and oxygen atoms in total. The van der Waals surface area contributed by atoms with Gasteiger partial charge in [-0.1, -0.05) is 91.0 Å². The molecular formula is C27H28N2O2. The predicted molar refractivity (Wildman–Crippen MR) is 122 cm³/mol. The van der Waals surface area contributed by atoms with Crippen molar-refractivity contribution in [3.63, 3.8) is 0 Å². The minimum atomic E-state index is -0.830. The van der Waals surface area contributed by atoms with Crippen LogP contribution in [0, 0.1) is 0 Å². The molecule has 2 fully saturated rings. The molecule has 2 heterocycles. The second kappa shape index (κ2) is 7.86. The van der Waals surface area contributed by atoms with Crippen LogP contribution in [0.4, 0.5) is 4.79 Å². The number of amides is 1. The quantitative estimate of drug-likeness (QED) is 0.589. The number of benzene rings is 3. The Morgan fingerprint density at radius 3 is 1.90 bits per heavy atom. The molecule has 0 saturated carbocycles. The SMILES string of the molecule is C[C@@H]1CN([C@@H](C)c2ccccc2)C[C@@H]2N1C(=O)OC2(c1ccccc1)c1ccccc1. The molecule has 0 spiro atoms. The molecule has 1 amide bonds. The lowest BCUT2D eigenvalue weighted by Crippen LogP contribution is -2.60. The van der Waals surface area contributed by atoms with Crippen molar-refractivity contribution >= 4 is 6.09 Å². The molecule has 3 aromatic rings. The predicted octanol–water partition coefficient (Wildman–Crippen LogP) is 5.22. The fourth-order valence-electron chi connectivity index (χ4n) is 5.31. The first-order valence-electron chi connectivity index (χ1n) is 11.0. The second-order valence-electron chi connectivity index (χ2n) is 8.65. The van der Waals surface area contributed by atoms with Gasteiger partial charge in [-0.2, -0.15) is 0 Å². The summed E-state index contributed by atoms with van der Waals surface area (Å²) in [5, 5.41) is 0. The van der Waals surface area contributed by atoms with Crippen LogP contribution >= 0.6 is 0 Å². The third-order valence-corrected chi connectivity index (χ3v) is 6.88. The molecule has 158 valence electrons. The summed E-state index contributed by atoms with van der Waals surface area (Å²) < 4.78 is 6.33. The van der Waals surface area contributed by atoms with Gasteiger partial charge in [-0.05, 0) is 19.4 Å². The molecule has 2 aliphatic rings. The molecule has 0 aromatic heterocycles. The van der Waals surface area contributed by atoms with E-state index in [-0.39, 0.29) is 24.2 Å². The van der Waals surface area contributed by atoms with Crippen molar-refractivity contribution in [3.05, 3.63) is 108 Å². The Kier molecular flexibility index (Phi) is 5.03. The van der Waals surface area contributed by atoms with Gasteiger partial charge in [-0.3, -0.25) is 9.80 Å². The van der Waals surface area contributed by atoms with E-state index in [9.17, 15) is 4.79 Å². The molecule has 3 aromatic carbocycles. The molecule has 2 saturated heterocycles. The number of hydrogen-bond donors (Lipinski definition) is 0. The Labute approximate surface area is 184 Å². The number of fused-ring (bicyclic) bond motifs is 1. The Morgan fingerprint density at radius 2 is 1.35 bits per heavy atom. The van der Waals surface area contributed by atoms with Crippen molar-refractivity contribution in [2.45, 2.75) is 37.6 Å². The zero-order valence-electron chi connectivity index (χ0n) is 18.0. The van der Waals surface area contributed by atoms with E-state index >= 15 is 0 Å². The molecule has 2 aliphatic heterocycles. The summed E-state index contributed by atoms with van der Waals surface area (Å²) in [5.41, 5.74) is 2.49. The van der Waals surface area contributed by atoms with Gasteiger partial charge in [0.2, 0.25) is 0 Å². The van der Waals surface area contributed by atoms with Crippen molar-refractivity contribution in [2.24, 2.45) is 0 Å². The largest absolute Gasteiger partial charge is 0.431 e. The van der Waals surface area contributed by atoms with E-state index in [0.717, 1.165) is 24.2 Å². The molecule has 4 heteroatoms. The fourth-order valence-corrected chi connectivity index (χ4v) is 5.31. The van der Waals surface area contributed by atoms with Crippen LogP contribution in [-0.4, -0.2) is 41.1 Å². The standard InChI is InChI=1S/C27H28N2O2/c1-20-18-28(21(2)22-12-6-3-7-13-22)19-25-27(31-26(30)29(20)25,23-14-8-4-9-15-23)24-16-10-5-11-17-24/h3-17,20-21,25H,18-19H2,1-2H3/t20-,21+,25+/m1/s1. The van der Waals surface area contributed by atoms with Gasteiger partial charge < -0.3 is 4.74 Å². The van der Waals surface area contributed by atoms with Gasteiger partial charge in [0.15, 0.2) is 5.60 Å². The maximum absolute atomic E-state index is 13.2. The van der Waals surface area contributed by atoms with Crippen LogP contribution in [0.3, 0.4) is 0 Å². The topological polar surface area (TPSA) is 32.8 Å². The number of piperazine rings is 1. The van der Waals surface area contributed by atoms with E-state index in [1.165, 1.54) is 5.56 Å². The number of nitrogens with zero attached hydrogens (tertiary/aromatic N) is 2. The van der Waals surface area contributed by atoms with Gasteiger partial charge in [0.05, 0.1) is 6.04 Å². The summed E-state index contributed by atoms with van der Waals surface area (Å²) >= 11 is 0. The Hall–Kier alpha value is -3.11. The summed E-state index contributed by atoms with van der Waals surface area (Å²) in [6.07, 6.45) is -0.225. The smallest absolute Gasteiger partial charge is 0.411 e. The number of carbonyl (C=O) groups is 1. The van der Waals surface area contributed by atoms with E-state index in [1.54, 1.807) is 0 Å². The van der Waals surface area contributed by atoms with Gasteiger partial charge in [0, 0.05) is 36.3 Å². The van der Waals surface area contributed by atoms with Gasteiger partial charge >= 0.3 is 6.09 Å². The molecule has 0 radical (unpaired) electrons. The zero-order chi connectivity index (χ0) is 21.4. The van der Waals surface area contributed by atoms with Crippen molar-refractivity contribution in [1.82, 2.24) is 9.80 Å². The van der Waals surface area contributed by atoms with E-state index < -0.39 is 5.60 Å². The average Bonchev–Trinajstić information content (AvgIpc) is 3.14. The molecule has 0 bridgehead atoms. The molecular weight excluding hydrogens is 384 g/mol. The number of cyclic esters (lactones) is 1. The van der Waals surface area contributed by atoms with Crippen LogP contribution in [0.25, 0.3) is 0 Å². The highest BCUT2D eigenvalue weighted by atomic mass is 16.6. The first kappa shape index (κ1) is 19.8. The summed E-state index contributed by atoms with van der Waals surface area (Å²) in [7, 11) is 0. The summed E-state index contributed by atoms with van der Waals surface area (Å²) in [6.45, 7) is 5.95. The molecule has 3 atom stereocenters. The van der Waals surface area contributed by atoms with E-state index in [4.69, 9.17) is 4.74 Å². The second-order valence-corrected chi connectivity index (χ2v) is 8.65. The normalized spacial score (nSPS) is 23.8. The van der Waals surface area contributed by atoms with Gasteiger partial charge in [0.1, 0.15) is 0 Å². The van der Waals surface area contributed by atoms with Crippen LogP contribution < -0.4 is 0 Å². The maximum atomic E-state index is 13.2. The highest BCUT2D eigenvalue weighted by Gasteiger charge is 2.59. The minimum Gasteiger partial charge on any atom is -0.431 e. The van der Waals surface area contributed by atoms with Gasteiger partial charge in [0.25, 0.3) is 0 Å². The van der Waals surface area contributed by atoms with Gasteiger partial charge in [-0.25, -0.2) is 4.79 Å². The zero-order valence-corrected chi connectivity index (χ0v) is 18.0. The summed E-state index contributed by atoms with van der Waals surface area (Å²) in [6, 6.07) is 31.2. The first-order chi connectivity index (χ1) is 15.1. The fraction of sp³-hybridized carbons (Fsp3) is 0.296. The summed E-state index contributed by atoms with van der Waals surface area (Å²) in [4.78, 5) is 17.7. The Morgan fingerprint density at radius 1 is 0.839 bits per heavy atom. The molecule has 5 rings (SSSR count). The van der Waals surface area contributed by atoms with Crippen molar-refractivity contribution in [1.29, 1.82) is 0 Å². The van der Waals surface area contributed by atoms with E-state index in [2.05, 4.69) is 73.3 Å². The van der Waals surface area contributed by atoms with Crippen LogP contribution in [0.2, 0.25) is 0 Å². The highest BCUT2D eigenvalue weighted by molar-refractivity contribution is 5.74. The van der Waals surface area contributed by atoms with Crippen LogP contribution in [0.1, 0.15) is 36.6 Å². The monoisotopic (exact) mass is 412 g/mol. The third kappa shape index (κ3) is 3.22. The Balaban J connectivity index is 1.61. The van der Waals surface area contributed by atoms with Crippen molar-refractivity contribution in [3.8, 4) is 0 Å². The van der Waals surface area contributed by atoms with Gasteiger partial charge in [-0.15, -0.1) is 0 Å². The molecule has 0 N–H and O–H groups in total. The number of ether oxygens (including phenoxy) is 1. The lowest BCUT2D eigenvalue weighted by Gasteiger charge is -2.47. The van der Waals surface area contributed by atoms with Crippen LogP contribution in [-0.2, 0) is 10.3 Å². The average molecular weight is 413 g/mol. The number of hydrogen-bond acceptors (Lipinski definition) is 3. The molecule has 0 aliphatic carbocycles. The Bertz CT molecular complexity index is 999. The van der Waals surface area contributed by atoms with E-state index in [1.807, 2.05) is 41.3 Å². The maximum Gasteiger partial charge on any atom is 0.411 e. The van der Waals surface area contributed by atoms with Crippen LogP contribution in [0.15, 0.2) is 91.0 Å². The molecule has 31 heavy (non-hydrogen) atoms. The molecule has 0 unspecified atom stereocenters.